The Labute approximate surface area is 434 Å². The number of aromatic hydroxyl groups is 1. The van der Waals surface area contributed by atoms with Crippen LogP contribution in [0.4, 0.5) is 62.6 Å². The predicted molar refractivity (Wildman–Crippen MR) is 273 cm³/mol. The molecule has 0 fully saturated rings. The van der Waals surface area contributed by atoms with E-state index in [0.29, 0.717) is 61.9 Å². The zero-order valence-electron chi connectivity index (χ0n) is 39.2. The van der Waals surface area contributed by atoms with Crippen molar-refractivity contribution in [2.24, 2.45) is 40.9 Å². The van der Waals surface area contributed by atoms with Crippen molar-refractivity contribution in [3.63, 3.8) is 0 Å². The molecular formula is C46H39N10O16S4+. The Kier molecular flexibility index (Phi) is 20.3. The van der Waals surface area contributed by atoms with E-state index in [2.05, 4.69) is 40.9 Å². The molecule has 0 aromatic heterocycles. The first-order valence-corrected chi connectivity index (χ1v) is 26.2. The lowest BCUT2D eigenvalue weighted by Gasteiger charge is -2.09. The monoisotopic (exact) mass is 1120 g/mol. The number of phenolic OH excluding ortho intramolecular Hbond substituents is 1. The molecule has 0 amide bonds. The second kappa shape index (κ2) is 26.7. The molecule has 0 saturated carbocycles. The van der Waals surface area contributed by atoms with E-state index in [4.69, 9.17) is 45.0 Å². The number of aryl methyl sites for hydroxylation is 1. The highest BCUT2D eigenvalue weighted by molar-refractivity contribution is 7.86. The lowest BCUT2D eigenvalue weighted by molar-refractivity contribution is 0.317. The largest absolute Gasteiger partial charge is 0.505 e. The van der Waals surface area contributed by atoms with Crippen molar-refractivity contribution in [1.82, 2.24) is 4.58 Å². The smallest absolute Gasteiger partial charge is 0.437 e. The third-order valence-corrected chi connectivity index (χ3v) is 11.5. The van der Waals surface area contributed by atoms with Gasteiger partial charge in [0, 0.05) is 47.5 Å². The predicted octanol–water partition coefficient (Wildman–Crippen LogP) is 10.2. The summed E-state index contributed by atoms with van der Waals surface area (Å²) < 4.78 is 128. The second-order valence-electron chi connectivity index (χ2n) is 15.0. The molecule has 0 aliphatic carbocycles. The SMILES string of the molecule is COc1cc(N=Nc2ccc(N=Nc3ccc(N=Nc4ccccc4S(=O)(=O)O)cc3OCCCS(=O)(=O)O)c(C)c2)ccc1N=Nc1ccc2cc([N+](=C=O)c3ccc(N)cc3)ccc2c1O.O=S(=O)=O.O=S(=O)=O. The van der Waals surface area contributed by atoms with Crippen molar-refractivity contribution in [1.29, 1.82) is 0 Å². The van der Waals surface area contributed by atoms with Crippen molar-refractivity contribution in [2.45, 2.75) is 18.2 Å². The van der Waals surface area contributed by atoms with Gasteiger partial charge in [-0.2, -0.15) is 42.1 Å². The number of fused-ring (bicyclic) bond motifs is 1. The Bertz CT molecular complexity index is 3910. The van der Waals surface area contributed by atoms with Crippen LogP contribution in [-0.4, -0.2) is 81.9 Å². The van der Waals surface area contributed by atoms with Gasteiger partial charge in [0.1, 0.15) is 39.1 Å². The summed E-state index contributed by atoms with van der Waals surface area (Å²) in [5.74, 6) is -0.169. The topological polar surface area (TPSA) is 395 Å². The fraction of sp³-hybridized carbons (Fsp3) is 0.109. The number of ether oxygens (including phenoxy) is 2. The molecule has 0 unspecified atom stereocenters. The standard InChI is InChI=1S/C46H38N10O10S2.2O3S/c1-29-24-32(11-19-38(29)51-53-40-21-13-34(27-44(40)66-22-5-23-67(59,60)61)50-54-41-6-3-4-7-45(41)68(62,63)64)48-49-33-12-20-39(43(26-33)65-2)52-55-42-18-8-30-25-36(16-17-37(30)46(42)58)56(28-57)35-14-9-31(47)10-15-35;2*1-4(2)3/h3-4,6-21,24-27H,5,22-23,47H2,1-2H3,(H2-,48,52,53,54,58,59,60,61,62,63,64);;/p+1. The van der Waals surface area contributed by atoms with Crippen molar-refractivity contribution in [2.75, 3.05) is 25.2 Å². The Morgan fingerprint density at radius 3 is 1.67 bits per heavy atom. The average Bonchev–Trinajstić information content (AvgIpc) is 3.36. The van der Waals surface area contributed by atoms with E-state index in [-0.39, 0.29) is 47.3 Å². The summed E-state index contributed by atoms with van der Waals surface area (Å²) in [6, 6.07) is 35.2. The number of rotatable bonds is 17. The van der Waals surface area contributed by atoms with E-state index in [1.807, 2.05) is 6.08 Å². The molecule has 0 radical (unpaired) electrons. The highest BCUT2D eigenvalue weighted by Gasteiger charge is 2.18. The van der Waals surface area contributed by atoms with Crippen LogP contribution in [0.25, 0.3) is 10.8 Å². The average molecular weight is 1120 g/mol. The van der Waals surface area contributed by atoms with E-state index in [9.17, 15) is 31.3 Å². The first-order valence-electron chi connectivity index (χ1n) is 21.1. The molecule has 0 atom stereocenters. The molecule has 0 heterocycles. The lowest BCUT2D eigenvalue weighted by Crippen LogP contribution is -2.08. The minimum atomic E-state index is -4.57. The number of nitrogen functional groups attached to an aromatic ring is 1. The number of anilines is 1. The minimum absolute atomic E-state index is 0.0443. The summed E-state index contributed by atoms with van der Waals surface area (Å²) in [7, 11) is -13.6. The summed E-state index contributed by atoms with van der Waals surface area (Å²) in [4.78, 5) is 11.4. The lowest BCUT2D eigenvalue weighted by atomic mass is 10.1. The molecule has 7 aromatic rings. The maximum Gasteiger partial charge on any atom is 0.437 e. The van der Waals surface area contributed by atoms with Crippen molar-refractivity contribution < 1.29 is 70.6 Å². The second-order valence-corrected chi connectivity index (χ2v) is 18.8. The number of benzene rings is 7. The van der Waals surface area contributed by atoms with Gasteiger partial charge >= 0.3 is 27.3 Å². The molecule has 0 aliphatic heterocycles. The van der Waals surface area contributed by atoms with Gasteiger partial charge in [-0.25, -0.2) is 0 Å². The molecule has 392 valence electrons. The molecule has 76 heavy (non-hydrogen) atoms. The Morgan fingerprint density at radius 2 is 1.09 bits per heavy atom. The van der Waals surface area contributed by atoms with Crippen LogP contribution in [0.2, 0.25) is 0 Å². The molecule has 5 N–H and O–H groups in total. The normalized spacial score (nSPS) is 11.5. The fourth-order valence-corrected chi connectivity index (χ4v) is 7.51. The number of isocyanates is 1. The van der Waals surface area contributed by atoms with Gasteiger partial charge in [-0.1, -0.05) is 22.8 Å². The number of methoxy groups -OCH3 is 1. The highest BCUT2D eigenvalue weighted by Crippen LogP contribution is 2.40. The maximum absolute atomic E-state index is 11.9. The summed E-state index contributed by atoms with van der Waals surface area (Å²) >= 11 is 0. The molecule has 30 heteroatoms. The van der Waals surface area contributed by atoms with E-state index < -0.39 is 52.1 Å². The van der Waals surface area contributed by atoms with E-state index in [1.54, 1.807) is 97.9 Å². The van der Waals surface area contributed by atoms with E-state index in [1.165, 1.54) is 54.1 Å². The molecule has 7 rings (SSSR count). The quantitative estimate of drug-likeness (QED) is 0.0125. The van der Waals surface area contributed by atoms with Crippen LogP contribution in [0.3, 0.4) is 0 Å². The van der Waals surface area contributed by atoms with Gasteiger partial charge in [0.05, 0.1) is 42.2 Å². The molecule has 26 nitrogen and oxygen atoms in total. The Balaban J connectivity index is 0.00000124. The van der Waals surface area contributed by atoms with Gasteiger partial charge in [0.2, 0.25) is 11.4 Å². The Morgan fingerprint density at radius 1 is 0.592 bits per heavy atom. The molecule has 7 aromatic carbocycles. The van der Waals surface area contributed by atoms with Crippen LogP contribution in [0.5, 0.6) is 17.2 Å². The minimum Gasteiger partial charge on any atom is -0.505 e. The summed E-state index contributed by atoms with van der Waals surface area (Å²) in [5, 5.41) is 46.3. The number of nitrogens with two attached hydrogens (primary N) is 1. The van der Waals surface area contributed by atoms with Crippen molar-refractivity contribution in [3.8, 4) is 17.2 Å². The molecular weight excluding hydrogens is 1080 g/mol. The fourth-order valence-electron chi connectivity index (χ4n) is 6.40. The first kappa shape index (κ1) is 57.7. The van der Waals surface area contributed by atoms with Crippen LogP contribution in [0.15, 0.2) is 179 Å². The van der Waals surface area contributed by atoms with Crippen LogP contribution in [0.1, 0.15) is 12.0 Å². The van der Waals surface area contributed by atoms with Gasteiger partial charge in [0.15, 0.2) is 5.75 Å². The van der Waals surface area contributed by atoms with Gasteiger partial charge in [-0.3, -0.25) is 9.11 Å². The zero-order chi connectivity index (χ0) is 55.6. The van der Waals surface area contributed by atoms with Crippen LogP contribution < -0.4 is 19.8 Å². The third-order valence-electron chi connectivity index (χ3n) is 9.77. The molecule has 0 aliphatic rings. The van der Waals surface area contributed by atoms with Gasteiger partial charge < -0.3 is 20.3 Å². The number of carbonyl (C=O) groups excluding carboxylic acids is 1. The van der Waals surface area contributed by atoms with Crippen LogP contribution in [0, 0.1) is 6.92 Å². The molecule has 0 saturated heterocycles. The zero-order valence-corrected chi connectivity index (χ0v) is 42.5. The number of azo groups is 4. The molecule has 0 spiro atoms. The van der Waals surface area contributed by atoms with E-state index in [0.717, 1.165) is 0 Å². The summed E-state index contributed by atoms with van der Waals surface area (Å²) in [5.41, 5.74) is 10.5. The first-order chi connectivity index (χ1) is 36.0. The number of hydrogen-bond acceptors (Lipinski definition) is 23. The van der Waals surface area contributed by atoms with Gasteiger partial charge in [-0.15, -0.1) is 45.7 Å². The maximum atomic E-state index is 11.9. The highest BCUT2D eigenvalue weighted by atomic mass is 32.2. The van der Waals surface area contributed by atoms with Crippen LogP contribution >= 0.6 is 0 Å². The third kappa shape index (κ3) is 17.5. The van der Waals surface area contributed by atoms with Crippen LogP contribution in [-0.2, 0) is 46.2 Å². The van der Waals surface area contributed by atoms with Gasteiger partial charge in [0.25, 0.3) is 20.2 Å². The van der Waals surface area contributed by atoms with Crippen molar-refractivity contribution in [3.05, 3.63) is 139 Å². The number of nitrogens with zero attached hydrogens (tertiary/aromatic N) is 9. The van der Waals surface area contributed by atoms with Gasteiger partial charge in [-0.05, 0) is 103 Å². The Hall–Kier alpha value is -9.16. The van der Waals surface area contributed by atoms with E-state index >= 15 is 0 Å². The number of hydrogen-bond donors (Lipinski definition) is 4. The summed E-state index contributed by atoms with van der Waals surface area (Å²) in [6.45, 7) is 1.67. The summed E-state index contributed by atoms with van der Waals surface area (Å²) in [6.07, 6.45) is 1.88. The van der Waals surface area contributed by atoms with Crippen molar-refractivity contribution >= 4 is 121 Å². The molecule has 0 bridgehead atoms. The number of phenols is 1.